The highest BCUT2D eigenvalue weighted by Gasteiger charge is 2.31. The molecule has 1 aliphatic heterocycles. The van der Waals surface area contributed by atoms with Crippen LogP contribution >= 0.6 is 0 Å². The molecule has 1 amide bonds. The fourth-order valence-electron chi connectivity index (χ4n) is 1.98. The maximum Gasteiger partial charge on any atom is 0.248 e. The van der Waals surface area contributed by atoms with Crippen molar-refractivity contribution in [3.63, 3.8) is 0 Å². The summed E-state index contributed by atoms with van der Waals surface area (Å²) < 4.78 is 5.34. The summed E-state index contributed by atoms with van der Waals surface area (Å²) in [6.45, 7) is 3.93. The van der Waals surface area contributed by atoms with Crippen LogP contribution in [-0.2, 0) is 9.53 Å². The Bertz CT molecular complexity index is 301. The fraction of sp³-hybridized carbons (Fsp3) is 0.786. The third-order valence-corrected chi connectivity index (χ3v) is 3.33. The standard InChI is InChI=1S/C14H23NO3/c1-3-5-6-11-18-12-13(16)15-9-7-14(17,4-2)8-10-15/h2,17H,3,5-12H2,1H3. The smallest absolute Gasteiger partial charge is 0.248 e. The van der Waals surface area contributed by atoms with Crippen molar-refractivity contribution in [3.8, 4) is 12.3 Å². The summed E-state index contributed by atoms with van der Waals surface area (Å²) in [5.74, 6) is 2.38. The molecule has 0 aromatic carbocycles. The van der Waals surface area contributed by atoms with Crippen LogP contribution in [0.1, 0.15) is 39.0 Å². The minimum atomic E-state index is -1.03. The quantitative estimate of drug-likeness (QED) is 0.571. The van der Waals surface area contributed by atoms with Crippen LogP contribution in [-0.4, -0.2) is 47.8 Å². The SMILES string of the molecule is C#CC1(O)CCN(C(=O)COCCCCC)CC1. The van der Waals surface area contributed by atoms with Crippen LogP contribution in [0.4, 0.5) is 0 Å². The predicted octanol–water partition coefficient (Wildman–Crippen LogP) is 1.18. The number of ether oxygens (including phenoxy) is 1. The topological polar surface area (TPSA) is 49.8 Å². The van der Waals surface area contributed by atoms with E-state index in [2.05, 4.69) is 12.8 Å². The van der Waals surface area contributed by atoms with E-state index in [4.69, 9.17) is 11.2 Å². The highest BCUT2D eigenvalue weighted by molar-refractivity contribution is 5.77. The van der Waals surface area contributed by atoms with Crippen molar-refractivity contribution >= 4 is 5.91 Å². The first-order valence-corrected chi connectivity index (χ1v) is 6.67. The van der Waals surface area contributed by atoms with Crippen LogP contribution in [0.2, 0.25) is 0 Å². The van der Waals surface area contributed by atoms with Gasteiger partial charge in [-0.3, -0.25) is 4.79 Å². The monoisotopic (exact) mass is 253 g/mol. The third kappa shape index (κ3) is 4.67. The number of carbonyl (C=O) groups excluding carboxylic acids is 1. The van der Waals surface area contributed by atoms with E-state index in [9.17, 15) is 9.90 Å². The number of terminal acetylenes is 1. The van der Waals surface area contributed by atoms with Gasteiger partial charge in [-0.05, 0) is 6.42 Å². The number of likely N-dealkylation sites (tertiary alicyclic amines) is 1. The Hall–Kier alpha value is -1.05. The van der Waals surface area contributed by atoms with Gasteiger partial charge >= 0.3 is 0 Å². The molecule has 1 rings (SSSR count). The van der Waals surface area contributed by atoms with Crippen molar-refractivity contribution in [1.29, 1.82) is 0 Å². The average Bonchev–Trinajstić information content (AvgIpc) is 2.39. The lowest BCUT2D eigenvalue weighted by atomic mass is 9.92. The summed E-state index contributed by atoms with van der Waals surface area (Å²) in [4.78, 5) is 13.5. The molecule has 0 unspecified atom stereocenters. The molecule has 0 aromatic rings. The van der Waals surface area contributed by atoms with Crippen molar-refractivity contribution in [1.82, 2.24) is 4.90 Å². The number of nitrogens with zero attached hydrogens (tertiary/aromatic N) is 1. The van der Waals surface area contributed by atoms with Gasteiger partial charge in [0, 0.05) is 32.5 Å². The van der Waals surface area contributed by atoms with Crippen LogP contribution in [0.25, 0.3) is 0 Å². The molecule has 0 aliphatic carbocycles. The lowest BCUT2D eigenvalue weighted by Crippen LogP contribution is -2.47. The van der Waals surface area contributed by atoms with Gasteiger partial charge in [-0.1, -0.05) is 25.7 Å². The first-order chi connectivity index (χ1) is 8.61. The van der Waals surface area contributed by atoms with E-state index in [1.54, 1.807) is 4.90 Å². The number of hydrogen-bond donors (Lipinski definition) is 1. The summed E-state index contributed by atoms with van der Waals surface area (Å²) >= 11 is 0. The zero-order chi connectivity index (χ0) is 13.4. The molecule has 4 nitrogen and oxygen atoms in total. The number of unbranched alkanes of at least 4 members (excludes halogenated alkanes) is 2. The van der Waals surface area contributed by atoms with E-state index in [0.29, 0.717) is 32.5 Å². The Labute approximate surface area is 109 Å². The minimum absolute atomic E-state index is 0.00873. The van der Waals surface area contributed by atoms with E-state index in [0.717, 1.165) is 19.3 Å². The number of amides is 1. The van der Waals surface area contributed by atoms with Crippen molar-refractivity contribution in [3.05, 3.63) is 0 Å². The molecule has 1 aliphatic rings. The Morgan fingerprint density at radius 2 is 2.11 bits per heavy atom. The summed E-state index contributed by atoms with van der Waals surface area (Å²) in [6, 6.07) is 0. The molecule has 0 aromatic heterocycles. The van der Waals surface area contributed by atoms with Gasteiger partial charge in [0.25, 0.3) is 0 Å². The van der Waals surface area contributed by atoms with Crippen LogP contribution in [0.5, 0.6) is 0 Å². The number of carbonyl (C=O) groups is 1. The molecule has 0 radical (unpaired) electrons. The van der Waals surface area contributed by atoms with Crippen molar-refractivity contribution in [2.75, 3.05) is 26.3 Å². The molecule has 1 saturated heterocycles. The van der Waals surface area contributed by atoms with Gasteiger partial charge in [-0.2, -0.15) is 0 Å². The number of aliphatic hydroxyl groups is 1. The first kappa shape index (κ1) is 15.0. The summed E-state index contributed by atoms with van der Waals surface area (Å²) in [7, 11) is 0. The molecule has 1 fully saturated rings. The zero-order valence-corrected chi connectivity index (χ0v) is 11.2. The number of hydrogen-bond acceptors (Lipinski definition) is 3. The summed E-state index contributed by atoms with van der Waals surface area (Å²) in [5.41, 5.74) is -1.03. The molecule has 0 saturated carbocycles. The second-order valence-electron chi connectivity index (χ2n) is 4.82. The van der Waals surface area contributed by atoms with Crippen molar-refractivity contribution < 1.29 is 14.6 Å². The van der Waals surface area contributed by atoms with Crippen LogP contribution in [0.3, 0.4) is 0 Å². The molecular formula is C14H23NO3. The van der Waals surface area contributed by atoms with Gasteiger partial charge in [0.15, 0.2) is 0 Å². The van der Waals surface area contributed by atoms with Gasteiger partial charge in [0.2, 0.25) is 5.91 Å². The molecule has 1 heterocycles. The lowest BCUT2D eigenvalue weighted by molar-refractivity contribution is -0.139. The first-order valence-electron chi connectivity index (χ1n) is 6.67. The average molecular weight is 253 g/mol. The highest BCUT2D eigenvalue weighted by Crippen LogP contribution is 2.21. The van der Waals surface area contributed by atoms with Gasteiger partial charge < -0.3 is 14.7 Å². The molecule has 102 valence electrons. The predicted molar refractivity (Wildman–Crippen MR) is 69.9 cm³/mol. The Morgan fingerprint density at radius 3 is 2.67 bits per heavy atom. The van der Waals surface area contributed by atoms with E-state index >= 15 is 0 Å². The van der Waals surface area contributed by atoms with Crippen LogP contribution < -0.4 is 0 Å². The van der Waals surface area contributed by atoms with E-state index in [1.807, 2.05) is 0 Å². The lowest BCUT2D eigenvalue weighted by Gasteiger charge is -2.34. The maximum atomic E-state index is 11.8. The van der Waals surface area contributed by atoms with Gasteiger partial charge in [-0.15, -0.1) is 6.42 Å². The second kappa shape index (κ2) is 7.40. The molecule has 0 atom stereocenters. The van der Waals surface area contributed by atoms with Gasteiger partial charge in [0.05, 0.1) is 0 Å². The number of piperidine rings is 1. The number of rotatable bonds is 6. The van der Waals surface area contributed by atoms with Crippen LogP contribution in [0, 0.1) is 12.3 Å². The summed E-state index contributed by atoms with van der Waals surface area (Å²) in [5, 5.41) is 9.85. The maximum absolute atomic E-state index is 11.8. The fourth-order valence-corrected chi connectivity index (χ4v) is 1.98. The Morgan fingerprint density at radius 1 is 1.44 bits per heavy atom. The zero-order valence-electron chi connectivity index (χ0n) is 11.2. The van der Waals surface area contributed by atoms with E-state index < -0.39 is 5.60 Å². The molecule has 0 bridgehead atoms. The third-order valence-electron chi connectivity index (χ3n) is 3.33. The van der Waals surface area contributed by atoms with Gasteiger partial charge in [0.1, 0.15) is 12.2 Å². The van der Waals surface area contributed by atoms with Gasteiger partial charge in [-0.25, -0.2) is 0 Å². The van der Waals surface area contributed by atoms with Crippen molar-refractivity contribution in [2.24, 2.45) is 0 Å². The molecule has 1 N–H and O–H groups in total. The minimum Gasteiger partial charge on any atom is -0.377 e. The van der Waals surface area contributed by atoms with Crippen LogP contribution in [0.15, 0.2) is 0 Å². The Balaban J connectivity index is 2.18. The molecule has 0 spiro atoms. The molecule has 4 heteroatoms. The van der Waals surface area contributed by atoms with Crippen molar-refractivity contribution in [2.45, 2.75) is 44.6 Å². The normalized spacial score (nSPS) is 18.4. The second-order valence-corrected chi connectivity index (χ2v) is 4.82. The Kier molecular flexibility index (Phi) is 6.17. The van der Waals surface area contributed by atoms with E-state index in [1.165, 1.54) is 0 Å². The highest BCUT2D eigenvalue weighted by atomic mass is 16.5. The molecule has 18 heavy (non-hydrogen) atoms. The summed E-state index contributed by atoms with van der Waals surface area (Å²) in [6.07, 6.45) is 9.44. The van der Waals surface area contributed by atoms with E-state index in [-0.39, 0.29) is 12.5 Å². The largest absolute Gasteiger partial charge is 0.377 e. The molecular weight excluding hydrogens is 230 g/mol.